The lowest BCUT2D eigenvalue weighted by Crippen LogP contribution is -1.77. The monoisotopic (exact) mass is 138 g/mol. The van der Waals surface area contributed by atoms with Crippen LogP contribution in [-0.2, 0) is 0 Å². The number of hydrogen-bond donors (Lipinski definition) is 0. The summed E-state index contributed by atoms with van der Waals surface area (Å²) in [5.74, 6) is 0. The quantitative estimate of drug-likeness (QED) is 0.401. The third kappa shape index (κ3) is 5.61. The molecule has 0 radical (unpaired) electrons. The maximum atomic E-state index is 3.93. The molecule has 0 aromatic rings. The van der Waals surface area contributed by atoms with Gasteiger partial charge in [0.05, 0.1) is 0 Å². The molecule has 0 nitrogen and oxygen atoms in total. The van der Waals surface area contributed by atoms with E-state index in [0.29, 0.717) is 0 Å². The minimum atomic E-state index is 1.16. The van der Waals surface area contributed by atoms with Crippen molar-refractivity contribution in [3.05, 3.63) is 24.3 Å². The van der Waals surface area contributed by atoms with E-state index in [9.17, 15) is 0 Å². The number of rotatable bonds is 5. The summed E-state index contributed by atoms with van der Waals surface area (Å²) in [7, 11) is 0. The number of allylic oxidation sites excluding steroid dienone is 3. The molecule has 0 fully saturated rings. The third-order valence-corrected chi connectivity index (χ3v) is 1.50. The van der Waals surface area contributed by atoms with Crippen LogP contribution < -0.4 is 0 Å². The van der Waals surface area contributed by atoms with Gasteiger partial charge >= 0.3 is 0 Å². The predicted molar refractivity (Wildman–Crippen MR) is 48.1 cm³/mol. The molecule has 0 saturated carbocycles. The first-order valence-electron chi connectivity index (χ1n) is 4.11. The average Bonchev–Trinajstić information content (AvgIpc) is 1.89. The second-order valence-corrected chi connectivity index (χ2v) is 2.62. The van der Waals surface area contributed by atoms with Crippen molar-refractivity contribution < 1.29 is 0 Å². The normalized spacial score (nSPS) is 10.6. The summed E-state index contributed by atoms with van der Waals surface area (Å²) < 4.78 is 0. The number of unbranched alkanes of at least 4 members (excludes halogenated alkanes) is 2. The zero-order valence-electron chi connectivity index (χ0n) is 7.19. The van der Waals surface area contributed by atoms with Crippen LogP contribution in [0, 0.1) is 0 Å². The molecule has 0 heterocycles. The molecular weight excluding hydrogens is 120 g/mol. The van der Waals surface area contributed by atoms with E-state index in [0.717, 1.165) is 6.42 Å². The summed E-state index contributed by atoms with van der Waals surface area (Å²) in [6.07, 6.45) is 9.22. The van der Waals surface area contributed by atoms with E-state index >= 15 is 0 Å². The van der Waals surface area contributed by atoms with Crippen molar-refractivity contribution in [1.82, 2.24) is 0 Å². The Morgan fingerprint density at radius 1 is 1.40 bits per heavy atom. The molecule has 0 bridgehead atoms. The van der Waals surface area contributed by atoms with E-state index < -0.39 is 0 Å². The SMILES string of the molecule is C=C(/C=C/C)CCCCC. The zero-order valence-corrected chi connectivity index (χ0v) is 7.19. The van der Waals surface area contributed by atoms with Crippen molar-refractivity contribution in [3.63, 3.8) is 0 Å². The Hall–Kier alpha value is -0.520. The van der Waals surface area contributed by atoms with Crippen LogP contribution >= 0.6 is 0 Å². The van der Waals surface area contributed by atoms with Crippen LogP contribution in [0.4, 0.5) is 0 Å². The van der Waals surface area contributed by atoms with Crippen LogP contribution in [0.25, 0.3) is 0 Å². The van der Waals surface area contributed by atoms with Crippen LogP contribution in [0.5, 0.6) is 0 Å². The van der Waals surface area contributed by atoms with Gasteiger partial charge < -0.3 is 0 Å². The molecule has 0 aromatic heterocycles. The molecule has 0 heteroatoms. The Morgan fingerprint density at radius 2 is 2.10 bits per heavy atom. The summed E-state index contributed by atoms with van der Waals surface area (Å²) in [5, 5.41) is 0. The highest BCUT2D eigenvalue weighted by Crippen LogP contribution is 2.07. The highest BCUT2D eigenvalue weighted by atomic mass is 13.9. The van der Waals surface area contributed by atoms with Gasteiger partial charge in [0.1, 0.15) is 0 Å². The molecule has 0 rings (SSSR count). The van der Waals surface area contributed by atoms with Gasteiger partial charge in [-0.2, -0.15) is 0 Å². The molecule has 0 spiro atoms. The molecule has 0 aromatic carbocycles. The van der Waals surface area contributed by atoms with E-state index in [2.05, 4.69) is 19.6 Å². The first-order chi connectivity index (χ1) is 4.81. The molecule has 0 atom stereocenters. The van der Waals surface area contributed by atoms with E-state index in [1.165, 1.54) is 24.8 Å². The predicted octanol–water partition coefficient (Wildman–Crippen LogP) is 3.70. The maximum Gasteiger partial charge on any atom is -0.0285 e. The molecule has 0 unspecified atom stereocenters. The first kappa shape index (κ1) is 9.48. The molecule has 0 aliphatic heterocycles. The minimum absolute atomic E-state index is 1.16. The van der Waals surface area contributed by atoms with Gasteiger partial charge in [0.15, 0.2) is 0 Å². The van der Waals surface area contributed by atoms with E-state index in [4.69, 9.17) is 0 Å². The molecule has 0 aliphatic rings. The summed E-state index contributed by atoms with van der Waals surface area (Å²) in [6.45, 7) is 8.18. The van der Waals surface area contributed by atoms with Gasteiger partial charge in [-0.15, -0.1) is 0 Å². The van der Waals surface area contributed by atoms with Crippen LogP contribution in [-0.4, -0.2) is 0 Å². The molecule has 0 amide bonds. The average molecular weight is 138 g/mol. The highest BCUT2D eigenvalue weighted by molar-refractivity contribution is 5.12. The Morgan fingerprint density at radius 3 is 2.60 bits per heavy atom. The lowest BCUT2D eigenvalue weighted by Gasteiger charge is -1.97. The molecular formula is C10H18. The van der Waals surface area contributed by atoms with Crippen LogP contribution in [0.1, 0.15) is 39.5 Å². The van der Waals surface area contributed by atoms with Crippen molar-refractivity contribution in [2.75, 3.05) is 0 Å². The van der Waals surface area contributed by atoms with Crippen LogP contribution in [0.3, 0.4) is 0 Å². The summed E-state index contributed by atoms with van der Waals surface area (Å²) in [6, 6.07) is 0. The second-order valence-electron chi connectivity index (χ2n) is 2.62. The Bertz CT molecular complexity index is 109. The Kier molecular flexibility index (Phi) is 6.25. The van der Waals surface area contributed by atoms with E-state index in [-0.39, 0.29) is 0 Å². The van der Waals surface area contributed by atoms with Crippen LogP contribution in [0.15, 0.2) is 24.3 Å². The topological polar surface area (TPSA) is 0 Å². The third-order valence-electron chi connectivity index (χ3n) is 1.50. The van der Waals surface area contributed by atoms with Gasteiger partial charge in [-0.05, 0) is 19.8 Å². The van der Waals surface area contributed by atoms with Gasteiger partial charge in [-0.3, -0.25) is 0 Å². The van der Waals surface area contributed by atoms with E-state index in [1.807, 2.05) is 13.0 Å². The molecule has 0 saturated heterocycles. The highest BCUT2D eigenvalue weighted by Gasteiger charge is 1.87. The fraction of sp³-hybridized carbons (Fsp3) is 0.600. The van der Waals surface area contributed by atoms with Crippen LogP contribution in [0.2, 0.25) is 0 Å². The van der Waals surface area contributed by atoms with Crippen molar-refractivity contribution in [1.29, 1.82) is 0 Å². The summed E-state index contributed by atoms with van der Waals surface area (Å²) in [4.78, 5) is 0. The lowest BCUT2D eigenvalue weighted by molar-refractivity contribution is 0.720. The van der Waals surface area contributed by atoms with Gasteiger partial charge in [-0.1, -0.05) is 44.1 Å². The molecule has 0 aliphatic carbocycles. The zero-order chi connectivity index (χ0) is 7.82. The largest absolute Gasteiger partial charge is 0.0958 e. The standard InChI is InChI=1S/C10H18/c1-4-6-7-9-10(3)8-5-2/h5,8H,3-4,6-7,9H2,1-2H3/b8-5+. The first-order valence-corrected chi connectivity index (χ1v) is 4.11. The van der Waals surface area contributed by atoms with Crippen molar-refractivity contribution in [3.8, 4) is 0 Å². The van der Waals surface area contributed by atoms with Gasteiger partial charge in [0.2, 0.25) is 0 Å². The molecule has 10 heavy (non-hydrogen) atoms. The van der Waals surface area contributed by atoms with Gasteiger partial charge in [0.25, 0.3) is 0 Å². The molecule has 0 N–H and O–H groups in total. The Labute approximate surface area is 64.6 Å². The second kappa shape index (κ2) is 6.60. The lowest BCUT2D eigenvalue weighted by atomic mass is 10.1. The smallest absolute Gasteiger partial charge is 0.0285 e. The van der Waals surface area contributed by atoms with Crippen molar-refractivity contribution >= 4 is 0 Å². The summed E-state index contributed by atoms with van der Waals surface area (Å²) >= 11 is 0. The van der Waals surface area contributed by atoms with Gasteiger partial charge in [-0.25, -0.2) is 0 Å². The fourth-order valence-electron chi connectivity index (χ4n) is 0.921. The van der Waals surface area contributed by atoms with E-state index in [1.54, 1.807) is 0 Å². The summed E-state index contributed by atoms with van der Waals surface area (Å²) in [5.41, 5.74) is 1.26. The maximum absolute atomic E-state index is 3.93. The van der Waals surface area contributed by atoms with Crippen molar-refractivity contribution in [2.24, 2.45) is 0 Å². The minimum Gasteiger partial charge on any atom is -0.0958 e. The van der Waals surface area contributed by atoms with Crippen molar-refractivity contribution in [2.45, 2.75) is 39.5 Å². The molecule has 58 valence electrons. The number of hydrogen-bond acceptors (Lipinski definition) is 0. The Balaban J connectivity index is 3.22. The fourth-order valence-corrected chi connectivity index (χ4v) is 0.921. The van der Waals surface area contributed by atoms with Gasteiger partial charge in [0, 0.05) is 0 Å².